The molecule has 0 saturated heterocycles. The van der Waals surface area contributed by atoms with Gasteiger partial charge < -0.3 is 0 Å². The van der Waals surface area contributed by atoms with Crippen molar-refractivity contribution in [3.05, 3.63) is 156 Å². The first-order valence-corrected chi connectivity index (χ1v) is 11.9. The third kappa shape index (κ3) is 7.13. The van der Waals surface area contributed by atoms with E-state index >= 15 is 0 Å². The van der Waals surface area contributed by atoms with Crippen molar-refractivity contribution in [3.63, 3.8) is 0 Å². The first kappa shape index (κ1) is 23.4. The van der Waals surface area contributed by atoms with Crippen LogP contribution in [0.3, 0.4) is 0 Å². The van der Waals surface area contributed by atoms with Crippen molar-refractivity contribution in [2.75, 3.05) is 0 Å². The number of carbonyl (C=O) groups excluding carboxylic acids is 1. The van der Waals surface area contributed by atoms with E-state index in [9.17, 15) is 4.79 Å². The van der Waals surface area contributed by atoms with Gasteiger partial charge in [-0.05, 0) is 41.2 Å². The van der Waals surface area contributed by atoms with Gasteiger partial charge >= 0.3 is 0 Å². The average Bonchev–Trinajstić information content (AvgIpc) is 2.89. The predicted octanol–water partition coefficient (Wildman–Crippen LogP) is 6.67. The highest BCUT2D eigenvalue weighted by Gasteiger charge is 2.25. The molecular weight excluding hydrogens is 414 g/mol. The highest BCUT2D eigenvalue weighted by Crippen LogP contribution is 2.18. The number of hydrogen-bond acceptors (Lipinski definition) is 2. The van der Waals surface area contributed by atoms with Crippen LogP contribution in [-0.2, 0) is 30.7 Å². The lowest BCUT2D eigenvalue weighted by Crippen LogP contribution is -2.41. The first-order valence-electron chi connectivity index (χ1n) is 11.9. The van der Waals surface area contributed by atoms with Crippen molar-refractivity contribution < 1.29 is 4.79 Å². The lowest BCUT2D eigenvalue weighted by atomic mass is 9.98. The summed E-state index contributed by atoms with van der Waals surface area (Å²) in [5.74, 6) is 0.145. The molecule has 2 heteroatoms. The Bertz CT molecular complexity index is 1110. The second-order valence-electron chi connectivity index (χ2n) is 8.58. The Morgan fingerprint density at radius 2 is 1.00 bits per heavy atom. The first-order chi connectivity index (χ1) is 16.8. The zero-order valence-electron chi connectivity index (χ0n) is 19.5. The quantitative estimate of drug-likeness (QED) is 0.240. The summed E-state index contributed by atoms with van der Waals surface area (Å²) in [4.78, 5) is 15.9. The number of hydrogen-bond donors (Lipinski definition) is 0. The van der Waals surface area contributed by atoms with Crippen LogP contribution in [0.25, 0.3) is 0 Å². The summed E-state index contributed by atoms with van der Waals surface area (Å²) in [7, 11) is 0. The van der Waals surface area contributed by atoms with Crippen molar-refractivity contribution >= 4 is 5.78 Å². The second kappa shape index (κ2) is 12.5. The van der Waals surface area contributed by atoms with Gasteiger partial charge in [-0.2, -0.15) is 0 Å². The van der Waals surface area contributed by atoms with Crippen molar-refractivity contribution in [2.45, 2.75) is 32.0 Å². The lowest BCUT2D eigenvalue weighted by molar-refractivity contribution is -0.120. The van der Waals surface area contributed by atoms with Gasteiger partial charge in [0.2, 0.25) is 0 Å². The topological polar surface area (TPSA) is 20.3 Å². The van der Waals surface area contributed by atoms with Crippen LogP contribution >= 0.6 is 0 Å². The SMILES string of the molecule is O=C(C=CCc1ccccc1)C(Cc1ccccc1)N(Cc1ccccc1)Cc1ccccc1. The number of carbonyl (C=O) groups is 1. The fourth-order valence-electron chi connectivity index (χ4n) is 4.20. The molecule has 0 amide bonds. The van der Waals surface area contributed by atoms with Gasteiger partial charge in [0.25, 0.3) is 0 Å². The molecule has 170 valence electrons. The van der Waals surface area contributed by atoms with Crippen LogP contribution in [-0.4, -0.2) is 16.7 Å². The largest absolute Gasteiger partial charge is 0.293 e. The van der Waals surface area contributed by atoms with Crippen LogP contribution in [0.2, 0.25) is 0 Å². The Morgan fingerprint density at radius 3 is 1.47 bits per heavy atom. The van der Waals surface area contributed by atoms with E-state index in [0.29, 0.717) is 19.5 Å². The maximum absolute atomic E-state index is 13.6. The molecule has 0 aliphatic rings. The standard InChI is InChI=1S/C32H31NO/c34-32(23-13-22-27-14-5-1-6-15-27)31(24-28-16-7-2-8-17-28)33(25-29-18-9-3-10-19-29)26-30-20-11-4-12-21-30/h1-21,23,31H,22,24-26H2. The molecular formula is C32H31NO. The molecule has 0 radical (unpaired) electrons. The summed E-state index contributed by atoms with van der Waals surface area (Å²) in [5, 5.41) is 0. The van der Waals surface area contributed by atoms with Crippen molar-refractivity contribution in [1.82, 2.24) is 4.90 Å². The molecule has 0 N–H and O–H groups in total. The number of nitrogens with zero attached hydrogens (tertiary/aromatic N) is 1. The molecule has 2 nitrogen and oxygen atoms in total. The van der Waals surface area contributed by atoms with Crippen LogP contribution in [0, 0.1) is 0 Å². The van der Waals surface area contributed by atoms with Crippen LogP contribution in [0.4, 0.5) is 0 Å². The third-order valence-electron chi connectivity index (χ3n) is 5.98. The van der Waals surface area contributed by atoms with Crippen molar-refractivity contribution in [3.8, 4) is 0 Å². The smallest absolute Gasteiger partial charge is 0.172 e. The number of benzene rings is 4. The Labute approximate surface area is 203 Å². The van der Waals surface area contributed by atoms with Crippen molar-refractivity contribution in [1.29, 1.82) is 0 Å². The molecule has 4 aromatic carbocycles. The van der Waals surface area contributed by atoms with Crippen LogP contribution in [0.5, 0.6) is 0 Å². The van der Waals surface area contributed by atoms with Gasteiger partial charge in [-0.15, -0.1) is 0 Å². The summed E-state index contributed by atoms with van der Waals surface area (Å²) >= 11 is 0. The average molecular weight is 446 g/mol. The summed E-state index contributed by atoms with van der Waals surface area (Å²) < 4.78 is 0. The molecule has 1 unspecified atom stereocenters. The van der Waals surface area contributed by atoms with Gasteiger partial charge in [0, 0.05) is 13.1 Å². The molecule has 34 heavy (non-hydrogen) atoms. The highest BCUT2D eigenvalue weighted by atomic mass is 16.1. The summed E-state index contributed by atoms with van der Waals surface area (Å²) in [6, 6.07) is 41.2. The maximum atomic E-state index is 13.6. The molecule has 0 saturated carbocycles. The van der Waals surface area contributed by atoms with Crippen LogP contribution < -0.4 is 0 Å². The van der Waals surface area contributed by atoms with E-state index in [1.807, 2.05) is 54.6 Å². The molecule has 0 fully saturated rings. The van der Waals surface area contributed by atoms with E-state index < -0.39 is 0 Å². The second-order valence-corrected chi connectivity index (χ2v) is 8.58. The Hall–Kier alpha value is -3.75. The minimum Gasteiger partial charge on any atom is -0.293 e. The van der Waals surface area contributed by atoms with Gasteiger partial charge in [-0.1, -0.05) is 127 Å². The number of rotatable bonds is 11. The molecule has 0 aliphatic carbocycles. The van der Waals surface area contributed by atoms with E-state index in [-0.39, 0.29) is 11.8 Å². The zero-order chi connectivity index (χ0) is 23.4. The monoisotopic (exact) mass is 445 g/mol. The Balaban J connectivity index is 1.61. The van der Waals surface area contributed by atoms with Gasteiger partial charge in [0.05, 0.1) is 6.04 Å². The molecule has 0 bridgehead atoms. The fourth-order valence-corrected chi connectivity index (χ4v) is 4.20. The van der Waals surface area contributed by atoms with E-state index in [4.69, 9.17) is 0 Å². The molecule has 0 heterocycles. The minimum absolute atomic E-state index is 0.145. The minimum atomic E-state index is -0.255. The lowest BCUT2D eigenvalue weighted by Gasteiger charge is -2.30. The molecule has 4 aromatic rings. The summed E-state index contributed by atoms with van der Waals surface area (Å²) in [5.41, 5.74) is 4.79. The molecule has 0 aliphatic heterocycles. The normalized spacial score (nSPS) is 12.1. The molecule has 1 atom stereocenters. The van der Waals surface area contributed by atoms with E-state index in [1.54, 1.807) is 6.08 Å². The van der Waals surface area contributed by atoms with Gasteiger partial charge in [-0.25, -0.2) is 0 Å². The zero-order valence-corrected chi connectivity index (χ0v) is 19.5. The van der Waals surface area contributed by atoms with E-state index in [1.165, 1.54) is 22.3 Å². The fraction of sp³-hybridized carbons (Fsp3) is 0.156. The predicted molar refractivity (Wildman–Crippen MR) is 140 cm³/mol. The van der Waals surface area contributed by atoms with Crippen LogP contribution in [0.1, 0.15) is 22.3 Å². The Morgan fingerprint density at radius 1 is 0.588 bits per heavy atom. The Kier molecular flexibility index (Phi) is 8.59. The highest BCUT2D eigenvalue weighted by molar-refractivity contribution is 5.94. The van der Waals surface area contributed by atoms with Gasteiger partial charge in [-0.3, -0.25) is 9.69 Å². The summed E-state index contributed by atoms with van der Waals surface area (Å²) in [6.07, 6.45) is 5.21. The molecule has 4 rings (SSSR count). The van der Waals surface area contributed by atoms with Crippen LogP contribution in [0.15, 0.2) is 133 Å². The van der Waals surface area contributed by atoms with Crippen molar-refractivity contribution in [2.24, 2.45) is 0 Å². The molecule has 0 aromatic heterocycles. The van der Waals surface area contributed by atoms with E-state index in [2.05, 4.69) is 77.7 Å². The maximum Gasteiger partial charge on any atom is 0.172 e. The van der Waals surface area contributed by atoms with E-state index in [0.717, 1.165) is 6.42 Å². The molecule has 0 spiro atoms. The number of ketones is 1. The van der Waals surface area contributed by atoms with Gasteiger partial charge in [0.1, 0.15) is 0 Å². The third-order valence-corrected chi connectivity index (χ3v) is 5.98. The van der Waals surface area contributed by atoms with Gasteiger partial charge in [0.15, 0.2) is 5.78 Å². The summed E-state index contributed by atoms with van der Waals surface area (Å²) in [6.45, 7) is 1.43. The number of allylic oxidation sites excluding steroid dienone is 1.